The number of hydrogen-bond acceptors (Lipinski definition) is 5. The molecule has 37 heavy (non-hydrogen) atoms. The van der Waals surface area contributed by atoms with Gasteiger partial charge in [0, 0.05) is 29.2 Å². The van der Waals surface area contributed by atoms with Gasteiger partial charge in [0.05, 0.1) is 29.8 Å². The van der Waals surface area contributed by atoms with Crippen molar-refractivity contribution in [1.29, 1.82) is 0 Å². The number of aromatic nitrogens is 1. The van der Waals surface area contributed by atoms with Crippen LogP contribution in [0.2, 0.25) is 0 Å². The summed E-state index contributed by atoms with van der Waals surface area (Å²) in [6.07, 6.45) is 4.00. The molecule has 1 amide bonds. The second-order valence-electron chi connectivity index (χ2n) is 8.48. The van der Waals surface area contributed by atoms with Gasteiger partial charge >= 0.3 is 5.97 Å². The highest BCUT2D eigenvalue weighted by Crippen LogP contribution is 2.37. The minimum absolute atomic E-state index is 0.145. The summed E-state index contributed by atoms with van der Waals surface area (Å²) in [7, 11) is 1.61. The Bertz CT molecular complexity index is 1540. The molecule has 186 valence electrons. The maximum atomic E-state index is 13.6. The van der Waals surface area contributed by atoms with Crippen molar-refractivity contribution >= 4 is 51.5 Å². The lowest BCUT2D eigenvalue weighted by Crippen LogP contribution is -2.28. The Morgan fingerprint density at radius 3 is 2.46 bits per heavy atom. The van der Waals surface area contributed by atoms with Gasteiger partial charge in [0.1, 0.15) is 5.75 Å². The van der Waals surface area contributed by atoms with Crippen molar-refractivity contribution in [1.82, 2.24) is 9.47 Å². The summed E-state index contributed by atoms with van der Waals surface area (Å²) < 4.78 is 7.41. The summed E-state index contributed by atoms with van der Waals surface area (Å²) in [5.41, 5.74) is 3.81. The molecule has 1 fully saturated rings. The third kappa shape index (κ3) is 5.01. The zero-order valence-corrected chi connectivity index (χ0v) is 21.2. The average Bonchev–Trinajstić information content (AvgIpc) is 3.42. The first kappa shape index (κ1) is 24.4. The van der Waals surface area contributed by atoms with Gasteiger partial charge in [0.15, 0.2) is 5.17 Å². The molecule has 0 bridgehead atoms. The Hall–Kier alpha value is -4.30. The van der Waals surface area contributed by atoms with Crippen molar-refractivity contribution in [3.63, 3.8) is 0 Å². The Labute approximate surface area is 218 Å². The van der Waals surface area contributed by atoms with Gasteiger partial charge in [0.2, 0.25) is 0 Å². The van der Waals surface area contributed by atoms with E-state index in [1.807, 2.05) is 42.5 Å². The molecule has 1 saturated heterocycles. The van der Waals surface area contributed by atoms with E-state index in [1.54, 1.807) is 36.3 Å². The number of para-hydroxylation sites is 1. The molecule has 2 heterocycles. The number of hydrogen-bond donors (Lipinski definition) is 1. The zero-order chi connectivity index (χ0) is 25.9. The van der Waals surface area contributed by atoms with E-state index < -0.39 is 5.97 Å². The number of thioether (sulfide) groups is 1. The highest BCUT2D eigenvalue weighted by Gasteiger charge is 2.34. The average molecular weight is 512 g/mol. The predicted molar refractivity (Wildman–Crippen MR) is 147 cm³/mol. The maximum absolute atomic E-state index is 13.6. The Morgan fingerprint density at radius 1 is 1.05 bits per heavy atom. The fraction of sp³-hybridized carbons (Fsp3) is 0.138. The smallest absolute Gasteiger partial charge is 0.335 e. The largest absolute Gasteiger partial charge is 0.497 e. The topological polar surface area (TPSA) is 84.1 Å². The minimum atomic E-state index is -0.988. The first-order valence-electron chi connectivity index (χ1n) is 11.8. The number of carboxylic acid groups (broad SMARTS) is 1. The minimum Gasteiger partial charge on any atom is -0.497 e. The van der Waals surface area contributed by atoms with Crippen molar-refractivity contribution in [2.75, 3.05) is 7.11 Å². The number of amidine groups is 1. The molecule has 5 rings (SSSR count). The van der Waals surface area contributed by atoms with Crippen LogP contribution in [0, 0.1) is 0 Å². The molecular weight excluding hydrogens is 486 g/mol. The van der Waals surface area contributed by atoms with Crippen LogP contribution < -0.4 is 4.74 Å². The van der Waals surface area contributed by atoms with E-state index in [0.29, 0.717) is 15.8 Å². The number of methoxy groups -OCH3 is 1. The third-order valence-corrected chi connectivity index (χ3v) is 7.18. The van der Waals surface area contributed by atoms with Crippen LogP contribution in [0.5, 0.6) is 5.75 Å². The molecule has 0 radical (unpaired) electrons. The summed E-state index contributed by atoms with van der Waals surface area (Å²) in [6, 6.07) is 22.0. The van der Waals surface area contributed by atoms with Gasteiger partial charge in [-0.15, -0.1) is 0 Å². The summed E-state index contributed by atoms with van der Waals surface area (Å²) in [5.74, 6) is -0.409. The lowest BCUT2D eigenvalue weighted by molar-refractivity contribution is -0.122. The molecule has 3 aromatic carbocycles. The molecular formula is C29H25N3O4S. The number of aromatic carboxylic acids is 1. The number of amides is 1. The van der Waals surface area contributed by atoms with Gasteiger partial charge in [0.25, 0.3) is 5.91 Å². The number of nitrogens with zero attached hydrogens (tertiary/aromatic N) is 3. The van der Waals surface area contributed by atoms with E-state index in [4.69, 9.17) is 9.73 Å². The van der Waals surface area contributed by atoms with Gasteiger partial charge < -0.3 is 14.4 Å². The fourth-order valence-electron chi connectivity index (χ4n) is 4.23. The molecule has 0 saturated carbocycles. The zero-order valence-electron chi connectivity index (χ0n) is 20.4. The number of aryl methyl sites for hydroxylation is 1. The second kappa shape index (κ2) is 10.4. The van der Waals surface area contributed by atoms with Crippen molar-refractivity contribution in [3.05, 3.63) is 101 Å². The highest BCUT2D eigenvalue weighted by atomic mass is 32.2. The van der Waals surface area contributed by atoms with Crippen LogP contribution >= 0.6 is 11.8 Å². The Morgan fingerprint density at radius 2 is 1.78 bits per heavy atom. The predicted octanol–water partition coefficient (Wildman–Crippen LogP) is 6.17. The Kier molecular flexibility index (Phi) is 6.83. The molecule has 0 aliphatic carbocycles. The fourth-order valence-corrected chi connectivity index (χ4v) is 5.22. The number of rotatable bonds is 7. The molecule has 0 unspecified atom stereocenters. The monoisotopic (exact) mass is 511 g/mol. The third-order valence-electron chi connectivity index (χ3n) is 6.17. The normalized spacial score (nSPS) is 15.7. The molecule has 1 aliphatic heterocycles. The second-order valence-corrected chi connectivity index (χ2v) is 9.49. The van der Waals surface area contributed by atoms with Gasteiger partial charge in [-0.2, -0.15) is 0 Å². The SMILES string of the molecule is CCn1cc(/C=C2\SC(=Nc3ccc(OC)cc3)N(Cc3ccc(C(=O)O)cc3)C2=O)c2ccccc21. The number of carbonyl (C=O) groups is 2. The molecule has 1 aromatic heterocycles. The van der Waals surface area contributed by atoms with Crippen LogP contribution in [0.15, 0.2) is 88.9 Å². The van der Waals surface area contributed by atoms with E-state index in [-0.39, 0.29) is 18.0 Å². The summed E-state index contributed by atoms with van der Waals surface area (Å²) >= 11 is 1.33. The maximum Gasteiger partial charge on any atom is 0.335 e. The first-order valence-corrected chi connectivity index (χ1v) is 12.6. The molecule has 4 aromatic rings. The van der Waals surface area contributed by atoms with E-state index in [2.05, 4.69) is 29.8 Å². The molecule has 8 heteroatoms. The van der Waals surface area contributed by atoms with E-state index in [0.717, 1.165) is 34.3 Å². The summed E-state index contributed by atoms with van der Waals surface area (Å²) in [4.78, 5) is 31.9. The van der Waals surface area contributed by atoms with E-state index in [1.165, 1.54) is 11.8 Å². The number of benzene rings is 3. The first-order chi connectivity index (χ1) is 18.0. The lowest BCUT2D eigenvalue weighted by Gasteiger charge is -2.16. The molecule has 0 spiro atoms. The standard InChI is InChI=1S/C29H25N3O4S/c1-3-31-18-21(24-6-4-5-7-25(24)31)16-26-27(33)32(17-19-8-10-20(11-9-19)28(34)35)29(37-26)30-22-12-14-23(36-2)15-13-22/h4-16,18H,3,17H2,1-2H3,(H,34,35)/b26-16-,30-29?. The van der Waals surface area contributed by atoms with Crippen LogP contribution in [0.25, 0.3) is 17.0 Å². The number of fused-ring (bicyclic) bond motifs is 1. The molecule has 1 aliphatic rings. The van der Waals surface area contributed by atoms with Gasteiger partial charge in [-0.1, -0.05) is 30.3 Å². The quantitative estimate of drug-likeness (QED) is 0.300. The van der Waals surface area contributed by atoms with Crippen LogP contribution in [0.4, 0.5) is 5.69 Å². The van der Waals surface area contributed by atoms with Crippen molar-refractivity contribution in [3.8, 4) is 5.75 Å². The van der Waals surface area contributed by atoms with E-state index >= 15 is 0 Å². The van der Waals surface area contributed by atoms with Gasteiger partial charge in [-0.3, -0.25) is 9.69 Å². The molecule has 7 nitrogen and oxygen atoms in total. The number of ether oxygens (including phenoxy) is 1. The lowest BCUT2D eigenvalue weighted by atomic mass is 10.1. The summed E-state index contributed by atoms with van der Waals surface area (Å²) in [6.45, 7) is 3.19. The highest BCUT2D eigenvalue weighted by molar-refractivity contribution is 8.18. The molecule has 0 atom stereocenters. The van der Waals surface area contributed by atoms with Crippen molar-refractivity contribution in [2.24, 2.45) is 4.99 Å². The number of carbonyl (C=O) groups excluding carboxylic acids is 1. The van der Waals surface area contributed by atoms with Crippen LogP contribution in [0.1, 0.15) is 28.4 Å². The van der Waals surface area contributed by atoms with Crippen molar-refractivity contribution in [2.45, 2.75) is 20.0 Å². The number of carboxylic acids is 1. The van der Waals surface area contributed by atoms with Crippen LogP contribution in [0.3, 0.4) is 0 Å². The van der Waals surface area contributed by atoms with Crippen LogP contribution in [-0.4, -0.2) is 38.7 Å². The van der Waals surface area contributed by atoms with E-state index in [9.17, 15) is 14.7 Å². The van der Waals surface area contributed by atoms with Gasteiger partial charge in [-0.05, 0) is 72.8 Å². The Balaban J connectivity index is 1.53. The number of aliphatic imine (C=N–C) groups is 1. The summed E-state index contributed by atoms with van der Waals surface area (Å²) in [5, 5.41) is 10.9. The van der Waals surface area contributed by atoms with Crippen LogP contribution in [-0.2, 0) is 17.9 Å². The van der Waals surface area contributed by atoms with Gasteiger partial charge in [-0.25, -0.2) is 9.79 Å². The van der Waals surface area contributed by atoms with Crippen molar-refractivity contribution < 1.29 is 19.4 Å². The molecule has 1 N–H and O–H groups in total.